The molecule has 0 amide bonds. The monoisotopic (exact) mass is 296 g/mol. The largest absolute Gasteiger partial charge is 0.478 e. The molecule has 3 rings (SSSR count). The van der Waals surface area contributed by atoms with E-state index in [9.17, 15) is 9.90 Å². The van der Waals surface area contributed by atoms with Crippen molar-refractivity contribution < 1.29 is 9.90 Å². The maximum absolute atomic E-state index is 11.4. The lowest BCUT2D eigenvalue weighted by Crippen LogP contribution is -2.27. The van der Waals surface area contributed by atoms with Crippen LogP contribution >= 0.6 is 0 Å². The van der Waals surface area contributed by atoms with Crippen molar-refractivity contribution in [2.24, 2.45) is 5.92 Å². The second-order valence-corrected chi connectivity index (χ2v) is 5.91. The van der Waals surface area contributed by atoms with E-state index in [-0.39, 0.29) is 6.04 Å². The van der Waals surface area contributed by atoms with Crippen molar-refractivity contribution in [2.75, 3.05) is 7.05 Å². The summed E-state index contributed by atoms with van der Waals surface area (Å²) in [5, 5.41) is 9.32. The van der Waals surface area contributed by atoms with Crippen molar-refractivity contribution in [3.8, 4) is 0 Å². The van der Waals surface area contributed by atoms with Crippen molar-refractivity contribution in [3.05, 3.63) is 65.5 Å². The molecule has 0 aliphatic heterocycles. The fourth-order valence-electron chi connectivity index (χ4n) is 3.02. The van der Waals surface area contributed by atoms with Gasteiger partial charge in [0.25, 0.3) is 0 Å². The molecule has 1 N–H and O–H groups in total. The third-order valence-electron chi connectivity index (χ3n) is 4.20. The standard InChI is InChI=1S/C18H20N2O2/c1-20(12-14-6-2-3-7-15(14)18(21)22)17(13-9-10-13)16-8-4-5-11-19-16/h2-8,11,13,17H,9-10,12H2,1H3,(H,21,22). The van der Waals surface area contributed by atoms with Crippen LogP contribution in [0.5, 0.6) is 0 Å². The first-order valence-corrected chi connectivity index (χ1v) is 7.59. The van der Waals surface area contributed by atoms with Crippen LogP contribution in [0.15, 0.2) is 48.7 Å². The maximum atomic E-state index is 11.4. The highest BCUT2D eigenvalue weighted by Gasteiger charge is 2.36. The molecule has 0 bridgehead atoms. The van der Waals surface area contributed by atoms with E-state index in [1.54, 1.807) is 12.1 Å². The van der Waals surface area contributed by atoms with Crippen LogP contribution in [0.1, 0.15) is 40.5 Å². The number of rotatable bonds is 6. The van der Waals surface area contributed by atoms with Gasteiger partial charge in [0.05, 0.1) is 17.3 Å². The first kappa shape index (κ1) is 14.7. The Bertz CT molecular complexity index is 653. The zero-order valence-electron chi connectivity index (χ0n) is 12.6. The molecule has 1 unspecified atom stereocenters. The van der Waals surface area contributed by atoms with Crippen LogP contribution in [0.3, 0.4) is 0 Å². The Morgan fingerprint density at radius 3 is 2.64 bits per heavy atom. The van der Waals surface area contributed by atoms with Crippen LogP contribution < -0.4 is 0 Å². The number of carbonyl (C=O) groups is 1. The molecule has 4 heteroatoms. The third-order valence-corrected chi connectivity index (χ3v) is 4.20. The number of aromatic carboxylic acids is 1. The highest BCUT2D eigenvalue weighted by molar-refractivity contribution is 5.89. The zero-order valence-corrected chi connectivity index (χ0v) is 12.6. The van der Waals surface area contributed by atoms with E-state index in [1.807, 2.05) is 30.5 Å². The smallest absolute Gasteiger partial charge is 0.336 e. The normalized spacial score (nSPS) is 15.7. The Kier molecular flexibility index (Phi) is 4.20. The first-order chi connectivity index (χ1) is 10.7. The Labute approximate surface area is 130 Å². The molecule has 0 spiro atoms. The van der Waals surface area contributed by atoms with Crippen LogP contribution in [-0.4, -0.2) is 28.0 Å². The lowest BCUT2D eigenvalue weighted by molar-refractivity contribution is 0.0694. The van der Waals surface area contributed by atoms with Crippen LogP contribution in [0.2, 0.25) is 0 Å². The molecule has 1 aromatic heterocycles. The maximum Gasteiger partial charge on any atom is 0.336 e. The van der Waals surface area contributed by atoms with Gasteiger partial charge < -0.3 is 5.11 Å². The molecule has 0 saturated heterocycles. The van der Waals surface area contributed by atoms with Gasteiger partial charge >= 0.3 is 5.97 Å². The van der Waals surface area contributed by atoms with Crippen molar-refractivity contribution in [1.29, 1.82) is 0 Å². The molecular weight excluding hydrogens is 276 g/mol. The van der Waals surface area contributed by atoms with E-state index in [4.69, 9.17) is 0 Å². The summed E-state index contributed by atoms with van der Waals surface area (Å²) < 4.78 is 0. The molecule has 1 fully saturated rings. The first-order valence-electron chi connectivity index (χ1n) is 7.59. The second-order valence-electron chi connectivity index (χ2n) is 5.91. The predicted octanol–water partition coefficient (Wildman–Crippen LogP) is 3.36. The highest BCUT2D eigenvalue weighted by Crippen LogP contribution is 2.43. The van der Waals surface area contributed by atoms with Gasteiger partial charge in [-0.2, -0.15) is 0 Å². The Morgan fingerprint density at radius 1 is 1.27 bits per heavy atom. The van der Waals surface area contributed by atoms with Crippen molar-refractivity contribution >= 4 is 5.97 Å². The van der Waals surface area contributed by atoms with E-state index in [2.05, 4.69) is 23.0 Å². The molecule has 114 valence electrons. The average Bonchev–Trinajstić information content (AvgIpc) is 3.33. The Morgan fingerprint density at radius 2 is 2.00 bits per heavy atom. The van der Waals surface area contributed by atoms with Crippen molar-refractivity contribution in [1.82, 2.24) is 9.88 Å². The number of hydrogen-bond donors (Lipinski definition) is 1. The van der Waals surface area contributed by atoms with Gasteiger partial charge in [0.1, 0.15) is 0 Å². The average molecular weight is 296 g/mol. The Balaban J connectivity index is 1.83. The number of nitrogens with zero attached hydrogens (tertiary/aromatic N) is 2. The summed E-state index contributed by atoms with van der Waals surface area (Å²) in [5.74, 6) is -0.248. The molecule has 1 heterocycles. The predicted molar refractivity (Wildman–Crippen MR) is 84.6 cm³/mol. The number of carboxylic acids is 1. The van der Waals surface area contributed by atoms with Gasteiger partial charge in [-0.1, -0.05) is 24.3 Å². The van der Waals surface area contributed by atoms with Gasteiger partial charge in [-0.15, -0.1) is 0 Å². The van der Waals surface area contributed by atoms with Gasteiger partial charge in [-0.3, -0.25) is 9.88 Å². The van der Waals surface area contributed by atoms with E-state index >= 15 is 0 Å². The van der Waals surface area contributed by atoms with E-state index in [1.165, 1.54) is 12.8 Å². The molecule has 1 saturated carbocycles. The quantitative estimate of drug-likeness (QED) is 0.888. The molecule has 0 radical (unpaired) electrons. The summed E-state index contributed by atoms with van der Waals surface area (Å²) in [4.78, 5) is 18.1. The summed E-state index contributed by atoms with van der Waals surface area (Å²) in [6.45, 7) is 0.611. The molecule has 2 aromatic rings. The van der Waals surface area contributed by atoms with Gasteiger partial charge in [-0.25, -0.2) is 4.79 Å². The summed E-state index contributed by atoms with van der Waals surface area (Å²) in [6, 6.07) is 13.5. The van der Waals surface area contributed by atoms with Crippen LogP contribution in [0.4, 0.5) is 0 Å². The molecule has 22 heavy (non-hydrogen) atoms. The molecule has 1 atom stereocenters. The topological polar surface area (TPSA) is 53.4 Å². The summed E-state index contributed by atoms with van der Waals surface area (Å²) in [7, 11) is 2.05. The summed E-state index contributed by atoms with van der Waals surface area (Å²) in [5.41, 5.74) is 2.30. The minimum Gasteiger partial charge on any atom is -0.478 e. The molecule has 4 nitrogen and oxygen atoms in total. The minimum atomic E-state index is -0.871. The van der Waals surface area contributed by atoms with Gasteiger partial charge in [-0.05, 0) is 49.6 Å². The van der Waals surface area contributed by atoms with Crippen molar-refractivity contribution in [3.63, 3.8) is 0 Å². The summed E-state index contributed by atoms with van der Waals surface area (Å²) in [6.07, 6.45) is 4.25. The number of benzene rings is 1. The molecule has 1 aromatic carbocycles. The van der Waals surface area contributed by atoms with E-state index < -0.39 is 5.97 Å². The lowest BCUT2D eigenvalue weighted by Gasteiger charge is -2.28. The van der Waals surface area contributed by atoms with E-state index in [0.717, 1.165) is 11.3 Å². The highest BCUT2D eigenvalue weighted by atomic mass is 16.4. The van der Waals surface area contributed by atoms with Crippen LogP contribution in [0, 0.1) is 5.92 Å². The van der Waals surface area contributed by atoms with Gasteiger partial charge in [0.2, 0.25) is 0 Å². The third kappa shape index (κ3) is 3.17. The van der Waals surface area contributed by atoms with E-state index in [0.29, 0.717) is 18.0 Å². The van der Waals surface area contributed by atoms with Crippen molar-refractivity contribution in [2.45, 2.75) is 25.4 Å². The number of carboxylic acid groups (broad SMARTS) is 1. The number of hydrogen-bond acceptors (Lipinski definition) is 3. The van der Waals surface area contributed by atoms with Gasteiger partial charge in [0.15, 0.2) is 0 Å². The number of aromatic nitrogens is 1. The summed E-state index contributed by atoms with van der Waals surface area (Å²) >= 11 is 0. The Hall–Kier alpha value is -2.20. The molecule has 1 aliphatic rings. The lowest BCUT2D eigenvalue weighted by atomic mass is 10.0. The minimum absolute atomic E-state index is 0.253. The van der Waals surface area contributed by atoms with Gasteiger partial charge in [0, 0.05) is 12.7 Å². The fourth-order valence-corrected chi connectivity index (χ4v) is 3.02. The van der Waals surface area contributed by atoms with Crippen LogP contribution in [-0.2, 0) is 6.54 Å². The second kappa shape index (κ2) is 6.28. The fraction of sp³-hybridized carbons (Fsp3) is 0.333. The zero-order chi connectivity index (χ0) is 15.5. The van der Waals surface area contributed by atoms with Crippen LogP contribution in [0.25, 0.3) is 0 Å². The molecular formula is C18H20N2O2. The number of pyridine rings is 1. The molecule has 1 aliphatic carbocycles. The SMILES string of the molecule is CN(Cc1ccccc1C(=O)O)C(c1ccccn1)C1CC1.